The summed E-state index contributed by atoms with van der Waals surface area (Å²) in [6.45, 7) is 0. The Morgan fingerprint density at radius 1 is 1.82 bits per heavy atom. The quantitative estimate of drug-likeness (QED) is 0.652. The maximum absolute atomic E-state index is 11.0. The average molecular weight is 190 g/mol. The van der Waals surface area contributed by atoms with Crippen LogP contribution in [0.3, 0.4) is 0 Å². The molecule has 0 atom stereocenters. The Kier molecular flexibility index (Phi) is 2.91. The highest BCUT2D eigenvalue weighted by molar-refractivity contribution is 7.14. The minimum absolute atomic E-state index is 0.0361. The molecule has 2 nitrogen and oxygen atoms in total. The Labute approximate surface area is 74.4 Å². The number of halogens is 1. The van der Waals surface area contributed by atoms with E-state index in [9.17, 15) is 4.79 Å². The first-order valence-electron chi connectivity index (χ1n) is 3.11. The zero-order valence-corrected chi connectivity index (χ0v) is 7.65. The number of hydrogen-bond donors (Lipinski definition) is 0. The van der Waals surface area contributed by atoms with Gasteiger partial charge in [0.25, 0.3) is 0 Å². The third-order valence-corrected chi connectivity index (χ3v) is 2.50. The summed E-state index contributed by atoms with van der Waals surface area (Å²) < 4.78 is 0. The number of nitrogens with zero attached hydrogens (tertiary/aromatic N) is 1. The number of hydrogen-bond acceptors (Lipinski definition) is 2. The van der Waals surface area contributed by atoms with Crippen LogP contribution in [0.4, 0.5) is 5.00 Å². The molecule has 11 heavy (non-hydrogen) atoms. The Bertz CT molecular complexity index is 235. The molecule has 1 amide bonds. The lowest BCUT2D eigenvalue weighted by Gasteiger charge is -2.12. The monoisotopic (exact) mass is 189 g/mol. The Balaban J connectivity index is 2.70. The van der Waals surface area contributed by atoms with E-state index in [4.69, 9.17) is 11.6 Å². The summed E-state index contributed by atoms with van der Waals surface area (Å²) in [5.41, 5.74) is 0. The van der Waals surface area contributed by atoms with E-state index in [2.05, 4.69) is 0 Å². The topological polar surface area (TPSA) is 20.3 Å². The molecular formula is C7H8ClNOS. The molecule has 1 heterocycles. The zero-order valence-electron chi connectivity index (χ0n) is 6.08. The first kappa shape index (κ1) is 8.56. The highest BCUT2D eigenvalue weighted by Gasteiger charge is 2.08. The summed E-state index contributed by atoms with van der Waals surface area (Å²) in [6.07, 6.45) is 0. The lowest BCUT2D eigenvalue weighted by Crippen LogP contribution is -2.26. The van der Waals surface area contributed by atoms with Gasteiger partial charge in [0.05, 0.1) is 5.00 Å². The number of thiophene rings is 1. The van der Waals surface area contributed by atoms with E-state index in [0.29, 0.717) is 0 Å². The molecule has 0 aliphatic carbocycles. The van der Waals surface area contributed by atoms with Gasteiger partial charge in [-0.15, -0.1) is 22.9 Å². The molecule has 1 aromatic heterocycles. The van der Waals surface area contributed by atoms with Crippen LogP contribution in [0.25, 0.3) is 0 Å². The van der Waals surface area contributed by atoms with Crippen molar-refractivity contribution in [3.63, 3.8) is 0 Å². The van der Waals surface area contributed by atoms with E-state index < -0.39 is 0 Å². The number of anilines is 1. The predicted molar refractivity (Wildman–Crippen MR) is 48.4 cm³/mol. The molecule has 0 bridgehead atoms. The summed E-state index contributed by atoms with van der Waals surface area (Å²) in [7, 11) is 1.72. The molecule has 0 aliphatic heterocycles. The predicted octanol–water partition coefficient (Wildman–Crippen LogP) is 1.95. The SMILES string of the molecule is CN(C(=O)CCl)c1cccs1. The van der Waals surface area contributed by atoms with Gasteiger partial charge in [-0.1, -0.05) is 0 Å². The van der Waals surface area contributed by atoms with E-state index in [1.807, 2.05) is 17.5 Å². The van der Waals surface area contributed by atoms with Crippen LogP contribution in [-0.4, -0.2) is 18.8 Å². The van der Waals surface area contributed by atoms with Crippen LogP contribution in [0.1, 0.15) is 0 Å². The molecule has 0 saturated carbocycles. The van der Waals surface area contributed by atoms with Gasteiger partial charge in [0, 0.05) is 7.05 Å². The summed E-state index contributed by atoms with van der Waals surface area (Å²) in [4.78, 5) is 12.6. The van der Waals surface area contributed by atoms with Crippen LogP contribution >= 0.6 is 22.9 Å². The van der Waals surface area contributed by atoms with E-state index in [0.717, 1.165) is 5.00 Å². The lowest BCUT2D eigenvalue weighted by atomic mass is 10.5. The fourth-order valence-corrected chi connectivity index (χ4v) is 1.57. The normalized spacial score (nSPS) is 9.64. The highest BCUT2D eigenvalue weighted by Crippen LogP contribution is 2.19. The average Bonchev–Trinajstić information content (AvgIpc) is 2.53. The van der Waals surface area contributed by atoms with Gasteiger partial charge in [0.1, 0.15) is 5.88 Å². The number of alkyl halides is 1. The van der Waals surface area contributed by atoms with E-state index in [1.165, 1.54) is 11.3 Å². The number of carbonyl (C=O) groups is 1. The van der Waals surface area contributed by atoms with Crippen molar-refractivity contribution < 1.29 is 4.79 Å². The van der Waals surface area contributed by atoms with Crippen molar-refractivity contribution in [3.05, 3.63) is 17.5 Å². The van der Waals surface area contributed by atoms with E-state index in [-0.39, 0.29) is 11.8 Å². The largest absolute Gasteiger partial charge is 0.306 e. The Hall–Kier alpha value is -0.540. The van der Waals surface area contributed by atoms with Gasteiger partial charge < -0.3 is 4.90 Å². The molecule has 0 spiro atoms. The van der Waals surface area contributed by atoms with Crippen LogP contribution in [0, 0.1) is 0 Å². The third kappa shape index (κ3) is 1.94. The van der Waals surface area contributed by atoms with Gasteiger partial charge in [0.2, 0.25) is 5.91 Å². The van der Waals surface area contributed by atoms with Crippen molar-refractivity contribution in [1.29, 1.82) is 0 Å². The molecule has 0 aliphatic rings. The Morgan fingerprint density at radius 3 is 3.00 bits per heavy atom. The summed E-state index contributed by atoms with van der Waals surface area (Å²) in [5.74, 6) is -0.0388. The lowest BCUT2D eigenvalue weighted by molar-refractivity contribution is -0.115. The smallest absolute Gasteiger partial charge is 0.242 e. The van der Waals surface area contributed by atoms with E-state index in [1.54, 1.807) is 11.9 Å². The van der Waals surface area contributed by atoms with Gasteiger partial charge in [-0.05, 0) is 17.5 Å². The number of rotatable bonds is 2. The van der Waals surface area contributed by atoms with Crippen LogP contribution in [0.2, 0.25) is 0 Å². The van der Waals surface area contributed by atoms with Crippen LogP contribution < -0.4 is 4.90 Å². The van der Waals surface area contributed by atoms with Gasteiger partial charge in [-0.25, -0.2) is 0 Å². The molecule has 0 N–H and O–H groups in total. The second kappa shape index (κ2) is 3.74. The van der Waals surface area contributed by atoms with Crippen molar-refractivity contribution in [3.8, 4) is 0 Å². The zero-order chi connectivity index (χ0) is 8.27. The number of amides is 1. The summed E-state index contributed by atoms with van der Waals surface area (Å²) >= 11 is 6.90. The molecule has 1 rings (SSSR count). The molecule has 0 unspecified atom stereocenters. The molecule has 0 radical (unpaired) electrons. The second-order valence-corrected chi connectivity index (χ2v) is 3.23. The van der Waals surface area contributed by atoms with E-state index >= 15 is 0 Å². The van der Waals surface area contributed by atoms with Gasteiger partial charge >= 0.3 is 0 Å². The summed E-state index contributed by atoms with van der Waals surface area (Å²) in [5, 5.41) is 2.85. The molecular weight excluding hydrogens is 182 g/mol. The minimum Gasteiger partial charge on any atom is -0.306 e. The molecule has 1 aromatic rings. The fourth-order valence-electron chi connectivity index (χ4n) is 0.673. The molecule has 0 fully saturated rings. The molecule has 60 valence electrons. The molecule has 4 heteroatoms. The van der Waals surface area contributed by atoms with Crippen molar-refractivity contribution >= 4 is 33.8 Å². The number of carbonyl (C=O) groups excluding carboxylic acids is 1. The maximum Gasteiger partial charge on any atom is 0.242 e. The van der Waals surface area contributed by atoms with Crippen LogP contribution in [0.5, 0.6) is 0 Å². The van der Waals surface area contributed by atoms with Crippen molar-refractivity contribution in [2.75, 3.05) is 17.8 Å². The third-order valence-electron chi connectivity index (χ3n) is 1.33. The second-order valence-electron chi connectivity index (χ2n) is 2.04. The maximum atomic E-state index is 11.0. The first-order valence-corrected chi connectivity index (χ1v) is 4.53. The van der Waals surface area contributed by atoms with Crippen molar-refractivity contribution in [1.82, 2.24) is 0 Å². The van der Waals surface area contributed by atoms with Crippen LogP contribution in [0.15, 0.2) is 17.5 Å². The van der Waals surface area contributed by atoms with Gasteiger partial charge in [0.15, 0.2) is 0 Å². The van der Waals surface area contributed by atoms with Crippen LogP contribution in [-0.2, 0) is 4.79 Å². The van der Waals surface area contributed by atoms with Crippen molar-refractivity contribution in [2.45, 2.75) is 0 Å². The standard InChI is InChI=1S/C7H8ClNOS/c1-9(6(10)5-8)7-3-2-4-11-7/h2-4H,5H2,1H3. The van der Waals surface area contributed by atoms with Crippen molar-refractivity contribution in [2.24, 2.45) is 0 Å². The molecule has 0 saturated heterocycles. The molecule has 0 aromatic carbocycles. The summed E-state index contributed by atoms with van der Waals surface area (Å²) in [6, 6.07) is 3.78. The minimum atomic E-state index is -0.0749. The van der Waals surface area contributed by atoms with Gasteiger partial charge in [-0.2, -0.15) is 0 Å². The van der Waals surface area contributed by atoms with Gasteiger partial charge in [-0.3, -0.25) is 4.79 Å². The Morgan fingerprint density at radius 2 is 2.55 bits per heavy atom. The first-order chi connectivity index (χ1) is 5.25. The highest BCUT2D eigenvalue weighted by atomic mass is 35.5. The fraction of sp³-hybridized carbons (Fsp3) is 0.286.